The maximum Gasteiger partial charge on any atom is 0.262 e. The lowest BCUT2D eigenvalue weighted by atomic mass is 10.1. The fraction of sp³-hybridized carbons (Fsp3) is 0.471. The first-order chi connectivity index (χ1) is 12.7. The highest BCUT2D eigenvalue weighted by atomic mass is 35.5. The van der Waals surface area contributed by atoms with Gasteiger partial charge in [0.2, 0.25) is 11.8 Å². The fourth-order valence-corrected chi connectivity index (χ4v) is 3.51. The van der Waals surface area contributed by atoms with Crippen LogP contribution in [0.15, 0.2) is 34.2 Å². The largest absolute Gasteiger partial charge is 0.346 e. The van der Waals surface area contributed by atoms with E-state index in [2.05, 4.69) is 20.3 Å². The Morgan fingerprint density at radius 2 is 2.00 bits per heavy atom. The monoisotopic (exact) mass is 431 g/mol. The number of sulfonamides is 1. The number of carbonyl (C=O) groups excluding carboxylic acids is 2. The predicted molar refractivity (Wildman–Crippen MR) is 110 cm³/mol. The first-order valence-corrected chi connectivity index (χ1v) is 10.2. The van der Waals surface area contributed by atoms with Gasteiger partial charge in [-0.25, -0.2) is 8.42 Å². The zero-order valence-corrected chi connectivity index (χ0v) is 17.4. The molecule has 9 nitrogen and oxygen atoms in total. The van der Waals surface area contributed by atoms with Crippen LogP contribution in [0.5, 0.6) is 0 Å². The Labute approximate surface area is 171 Å². The normalized spacial score (nSPS) is 14.6. The molecule has 0 radical (unpaired) electrons. The van der Waals surface area contributed by atoms with Crippen molar-refractivity contribution in [1.82, 2.24) is 10.0 Å². The number of amides is 2. The van der Waals surface area contributed by atoms with Gasteiger partial charge >= 0.3 is 0 Å². The number of aliphatic imine (C=N–C) groups is 1. The first kappa shape index (κ1) is 23.9. The molecular formula is C17H26ClN5O4S. The van der Waals surface area contributed by atoms with Crippen LogP contribution in [0.25, 0.3) is 0 Å². The van der Waals surface area contributed by atoms with Gasteiger partial charge in [0, 0.05) is 18.7 Å². The van der Waals surface area contributed by atoms with Crippen LogP contribution in [0.3, 0.4) is 0 Å². The van der Waals surface area contributed by atoms with E-state index in [-0.39, 0.29) is 29.8 Å². The van der Waals surface area contributed by atoms with Crippen LogP contribution >= 0.6 is 12.4 Å². The van der Waals surface area contributed by atoms with E-state index in [9.17, 15) is 18.0 Å². The van der Waals surface area contributed by atoms with Crippen molar-refractivity contribution in [2.75, 3.05) is 18.4 Å². The highest BCUT2D eigenvalue weighted by Crippen LogP contribution is 2.16. The summed E-state index contributed by atoms with van der Waals surface area (Å²) in [6.07, 6.45) is 1.41. The van der Waals surface area contributed by atoms with E-state index in [4.69, 9.17) is 5.73 Å². The minimum atomic E-state index is -3.77. The van der Waals surface area contributed by atoms with Gasteiger partial charge in [0.25, 0.3) is 10.0 Å². The second-order valence-electron chi connectivity index (χ2n) is 6.60. The third-order valence-corrected chi connectivity index (χ3v) is 5.38. The highest BCUT2D eigenvalue weighted by molar-refractivity contribution is 7.90. The molecule has 0 unspecified atom stereocenters. The minimum Gasteiger partial charge on any atom is -0.346 e. The topological polar surface area (TPSA) is 143 Å². The average Bonchev–Trinajstić information content (AvgIpc) is 3.11. The molecule has 0 fully saturated rings. The Morgan fingerprint density at radius 1 is 1.29 bits per heavy atom. The molecule has 5 N–H and O–H groups in total. The van der Waals surface area contributed by atoms with Crippen molar-refractivity contribution in [2.45, 2.75) is 37.6 Å². The third kappa shape index (κ3) is 6.77. The number of nitrogens with zero attached hydrogens (tertiary/aromatic N) is 1. The summed E-state index contributed by atoms with van der Waals surface area (Å²) in [7, 11) is -3.77. The van der Waals surface area contributed by atoms with Gasteiger partial charge in [-0.1, -0.05) is 19.9 Å². The summed E-state index contributed by atoms with van der Waals surface area (Å²) in [6, 6.07) is 5.16. The van der Waals surface area contributed by atoms with Gasteiger partial charge < -0.3 is 16.4 Å². The van der Waals surface area contributed by atoms with Gasteiger partial charge in [-0.05, 0) is 30.5 Å². The fourth-order valence-electron chi connectivity index (χ4n) is 2.37. The van der Waals surface area contributed by atoms with Gasteiger partial charge in [0.15, 0.2) is 0 Å². The number of carbonyl (C=O) groups is 2. The Bertz CT molecular complexity index is 842. The molecule has 2 amide bonds. The summed E-state index contributed by atoms with van der Waals surface area (Å²) in [5, 5.41) is 5.01. The molecule has 0 aliphatic carbocycles. The number of nitrogens with one attached hydrogen (secondary N) is 3. The summed E-state index contributed by atoms with van der Waals surface area (Å²) < 4.78 is 27.3. The van der Waals surface area contributed by atoms with Gasteiger partial charge in [0.05, 0.1) is 17.5 Å². The molecule has 0 bridgehead atoms. The van der Waals surface area contributed by atoms with Gasteiger partial charge in [-0.2, -0.15) is 0 Å². The van der Waals surface area contributed by atoms with E-state index < -0.39 is 27.9 Å². The van der Waals surface area contributed by atoms with E-state index in [0.717, 1.165) is 6.42 Å². The molecule has 2 rings (SSSR count). The summed E-state index contributed by atoms with van der Waals surface area (Å²) in [6.45, 7) is 3.97. The number of hydrogen-bond donors (Lipinski definition) is 4. The lowest BCUT2D eigenvalue weighted by Gasteiger charge is -2.15. The maximum atomic E-state index is 12.4. The van der Waals surface area contributed by atoms with E-state index in [1.807, 2.05) is 0 Å². The van der Waals surface area contributed by atoms with Crippen molar-refractivity contribution in [2.24, 2.45) is 16.6 Å². The second kappa shape index (κ2) is 10.4. The molecule has 1 heterocycles. The minimum absolute atomic E-state index is 0. The summed E-state index contributed by atoms with van der Waals surface area (Å²) >= 11 is 0. The molecule has 1 aliphatic heterocycles. The van der Waals surface area contributed by atoms with Crippen molar-refractivity contribution in [3.63, 3.8) is 0 Å². The van der Waals surface area contributed by atoms with E-state index in [0.29, 0.717) is 24.5 Å². The van der Waals surface area contributed by atoms with Crippen molar-refractivity contribution in [1.29, 1.82) is 0 Å². The molecule has 11 heteroatoms. The molecule has 156 valence electrons. The van der Waals surface area contributed by atoms with Crippen molar-refractivity contribution < 1.29 is 18.0 Å². The first-order valence-electron chi connectivity index (χ1n) is 8.68. The molecule has 28 heavy (non-hydrogen) atoms. The summed E-state index contributed by atoms with van der Waals surface area (Å²) in [5.74, 6) is -0.513. The molecule has 1 aromatic carbocycles. The molecule has 1 atom stereocenters. The van der Waals surface area contributed by atoms with Crippen LogP contribution in [0.4, 0.5) is 5.69 Å². The SMILES string of the molecule is CC(C)[C@H](N)C(=O)NCC(=O)Nc1cccc(S(=O)(=O)NC2=NCCC2)c1.Cl. The second-order valence-corrected chi connectivity index (χ2v) is 8.28. The molecular weight excluding hydrogens is 406 g/mol. The van der Waals surface area contributed by atoms with Gasteiger partial charge in [0.1, 0.15) is 5.84 Å². The maximum absolute atomic E-state index is 12.4. The van der Waals surface area contributed by atoms with Gasteiger partial charge in [-0.3, -0.25) is 19.3 Å². The van der Waals surface area contributed by atoms with Crippen molar-refractivity contribution >= 4 is 45.8 Å². The third-order valence-electron chi connectivity index (χ3n) is 4.00. The Balaban J connectivity index is 0.00000392. The number of amidine groups is 1. The predicted octanol–water partition coefficient (Wildman–Crippen LogP) is 0.617. The van der Waals surface area contributed by atoms with Crippen LogP contribution in [0.1, 0.15) is 26.7 Å². The average molecular weight is 432 g/mol. The Morgan fingerprint density at radius 3 is 2.61 bits per heavy atom. The zero-order valence-electron chi connectivity index (χ0n) is 15.8. The number of anilines is 1. The number of rotatable bonds is 7. The molecule has 0 saturated carbocycles. The van der Waals surface area contributed by atoms with Gasteiger partial charge in [-0.15, -0.1) is 12.4 Å². The number of benzene rings is 1. The van der Waals surface area contributed by atoms with E-state index in [1.54, 1.807) is 19.9 Å². The standard InChI is InChI=1S/C17H25N5O4S.ClH/c1-11(2)16(18)17(24)20-10-15(23)21-12-5-3-6-13(9-12)27(25,26)22-14-7-4-8-19-14;/h3,5-6,9,11,16H,4,7-8,10,18H2,1-2H3,(H,19,22)(H,20,24)(H,21,23);1H/t16-;/m0./s1. The van der Waals surface area contributed by atoms with Crippen molar-refractivity contribution in [3.8, 4) is 0 Å². The zero-order chi connectivity index (χ0) is 20.0. The molecule has 1 aromatic rings. The van der Waals surface area contributed by atoms with Crippen LogP contribution < -0.4 is 21.1 Å². The van der Waals surface area contributed by atoms with Crippen LogP contribution in [-0.2, 0) is 19.6 Å². The lowest BCUT2D eigenvalue weighted by Crippen LogP contribution is -2.46. The Hall–Kier alpha value is -2.17. The molecule has 0 saturated heterocycles. The van der Waals surface area contributed by atoms with E-state index >= 15 is 0 Å². The Kier molecular flexibility index (Phi) is 8.86. The lowest BCUT2D eigenvalue weighted by molar-refractivity contribution is -0.125. The highest BCUT2D eigenvalue weighted by Gasteiger charge is 2.20. The van der Waals surface area contributed by atoms with Crippen LogP contribution in [0.2, 0.25) is 0 Å². The van der Waals surface area contributed by atoms with Crippen molar-refractivity contribution in [3.05, 3.63) is 24.3 Å². The number of nitrogens with two attached hydrogens (primary N) is 1. The van der Waals surface area contributed by atoms with Crippen LogP contribution in [-0.4, -0.2) is 45.2 Å². The smallest absolute Gasteiger partial charge is 0.262 e. The number of halogens is 1. The summed E-state index contributed by atoms with van der Waals surface area (Å²) in [4.78, 5) is 27.9. The quantitative estimate of drug-likeness (QED) is 0.500. The van der Waals surface area contributed by atoms with E-state index in [1.165, 1.54) is 18.2 Å². The van der Waals surface area contributed by atoms with Crippen LogP contribution in [0, 0.1) is 5.92 Å². The molecule has 0 aromatic heterocycles. The molecule has 1 aliphatic rings. The number of hydrogen-bond acceptors (Lipinski definition) is 6. The summed E-state index contributed by atoms with van der Waals surface area (Å²) in [5.41, 5.74) is 6.01. The molecule has 0 spiro atoms.